The lowest BCUT2D eigenvalue weighted by Crippen LogP contribution is -2.15. The summed E-state index contributed by atoms with van der Waals surface area (Å²) in [7, 11) is 1.31. The molecule has 1 aliphatic rings. The maximum absolute atomic E-state index is 11.9. The van der Waals surface area contributed by atoms with Gasteiger partial charge >= 0.3 is 5.97 Å². The topological polar surface area (TPSA) is 69.7 Å². The van der Waals surface area contributed by atoms with Crippen LogP contribution in [-0.2, 0) is 18.5 Å². The van der Waals surface area contributed by atoms with Gasteiger partial charge < -0.3 is 9.47 Å². The molecular weight excluding hydrogens is 327 g/mol. The Morgan fingerprint density at radius 1 is 1.45 bits per heavy atom. The van der Waals surface area contributed by atoms with Gasteiger partial charge in [0.15, 0.2) is 0 Å². The Balaban J connectivity index is 2.12. The third-order valence-corrected chi connectivity index (χ3v) is 4.59. The molecule has 0 aliphatic carbocycles. The van der Waals surface area contributed by atoms with Crippen LogP contribution in [-0.4, -0.2) is 34.2 Å². The van der Waals surface area contributed by atoms with Crippen molar-refractivity contribution in [3.63, 3.8) is 0 Å². The van der Waals surface area contributed by atoms with Crippen LogP contribution in [0.1, 0.15) is 16.8 Å². The summed E-state index contributed by atoms with van der Waals surface area (Å²) >= 11 is 5.87. The third kappa shape index (κ3) is 3.85. The predicted molar refractivity (Wildman–Crippen MR) is 73.7 cm³/mol. The van der Waals surface area contributed by atoms with Crippen LogP contribution < -0.4 is 0 Å². The van der Waals surface area contributed by atoms with Crippen molar-refractivity contribution in [1.82, 2.24) is 0 Å². The molecule has 2 rings (SSSR count). The molecule has 1 unspecified atom stereocenters. The van der Waals surface area contributed by atoms with Gasteiger partial charge in [-0.2, -0.15) is 0 Å². The molecule has 8 heteroatoms. The quantitative estimate of drug-likeness (QED) is 0.623. The van der Waals surface area contributed by atoms with Crippen molar-refractivity contribution < 1.29 is 22.7 Å². The molecule has 20 heavy (non-hydrogen) atoms. The van der Waals surface area contributed by atoms with Gasteiger partial charge in [0.05, 0.1) is 28.7 Å². The number of esters is 1. The standard InChI is InChI=1S/C12H12Cl2O5S/c13-11-2-1-9(20(14,16)17)5-10(11)12(15)19-7-8-3-4-18-6-8/h1-2,5,8H,3-4,6-7H2. The molecular formula is C12H12Cl2O5S. The first-order chi connectivity index (χ1) is 9.38. The summed E-state index contributed by atoms with van der Waals surface area (Å²) in [5.74, 6) is -0.512. The van der Waals surface area contributed by atoms with Crippen molar-refractivity contribution in [1.29, 1.82) is 0 Å². The zero-order valence-corrected chi connectivity index (χ0v) is 12.7. The first-order valence-corrected chi connectivity index (χ1v) is 8.56. The van der Waals surface area contributed by atoms with E-state index in [-0.39, 0.29) is 28.0 Å². The summed E-state index contributed by atoms with van der Waals surface area (Å²) < 4.78 is 32.8. The molecule has 0 radical (unpaired) electrons. The smallest absolute Gasteiger partial charge is 0.339 e. The minimum atomic E-state index is -3.92. The molecule has 1 aromatic carbocycles. The molecule has 1 saturated heterocycles. The molecule has 1 aliphatic heterocycles. The predicted octanol–water partition coefficient (Wildman–Crippen LogP) is 2.46. The maximum Gasteiger partial charge on any atom is 0.339 e. The average Bonchev–Trinajstić information content (AvgIpc) is 2.88. The number of carbonyl (C=O) groups is 1. The second-order valence-electron chi connectivity index (χ2n) is 4.41. The highest BCUT2D eigenvalue weighted by Crippen LogP contribution is 2.24. The van der Waals surface area contributed by atoms with Gasteiger partial charge in [-0.05, 0) is 24.6 Å². The molecule has 0 spiro atoms. The average molecular weight is 339 g/mol. The van der Waals surface area contributed by atoms with Crippen molar-refractivity contribution in [2.45, 2.75) is 11.3 Å². The number of rotatable bonds is 4. The lowest BCUT2D eigenvalue weighted by Gasteiger charge is -2.10. The van der Waals surface area contributed by atoms with Crippen LogP contribution in [0.15, 0.2) is 23.1 Å². The Morgan fingerprint density at radius 3 is 2.80 bits per heavy atom. The minimum Gasteiger partial charge on any atom is -0.462 e. The van der Waals surface area contributed by atoms with Crippen molar-refractivity contribution in [3.8, 4) is 0 Å². The number of halogens is 2. The fourth-order valence-corrected chi connectivity index (χ4v) is 2.77. The summed E-state index contributed by atoms with van der Waals surface area (Å²) in [6.45, 7) is 1.42. The van der Waals surface area contributed by atoms with Gasteiger partial charge in [-0.15, -0.1) is 0 Å². The van der Waals surface area contributed by atoms with Gasteiger partial charge in [0.25, 0.3) is 9.05 Å². The van der Waals surface area contributed by atoms with Gasteiger partial charge in [-0.3, -0.25) is 0 Å². The SMILES string of the molecule is O=C(OCC1CCOC1)c1cc(S(=O)(=O)Cl)ccc1Cl. The number of hydrogen-bond donors (Lipinski definition) is 0. The second kappa shape index (κ2) is 6.30. The monoisotopic (exact) mass is 338 g/mol. The normalized spacial score (nSPS) is 19.0. The van der Waals surface area contributed by atoms with Crippen LogP contribution >= 0.6 is 22.3 Å². The van der Waals surface area contributed by atoms with E-state index in [4.69, 9.17) is 31.8 Å². The molecule has 1 atom stereocenters. The molecule has 0 amide bonds. The van der Waals surface area contributed by atoms with Gasteiger partial charge in [-0.25, -0.2) is 13.2 Å². The number of benzene rings is 1. The van der Waals surface area contributed by atoms with Crippen LogP contribution in [0.5, 0.6) is 0 Å². The van der Waals surface area contributed by atoms with Gasteiger partial charge in [0.1, 0.15) is 0 Å². The van der Waals surface area contributed by atoms with E-state index in [9.17, 15) is 13.2 Å². The van der Waals surface area contributed by atoms with Gasteiger partial charge in [0, 0.05) is 23.2 Å². The fourth-order valence-electron chi connectivity index (χ4n) is 1.80. The molecule has 1 heterocycles. The van der Waals surface area contributed by atoms with E-state index >= 15 is 0 Å². The van der Waals surface area contributed by atoms with E-state index in [1.807, 2.05) is 0 Å². The fraction of sp³-hybridized carbons (Fsp3) is 0.417. The molecule has 110 valence electrons. The van der Waals surface area contributed by atoms with Crippen molar-refractivity contribution >= 4 is 37.3 Å². The number of hydrogen-bond acceptors (Lipinski definition) is 5. The van der Waals surface area contributed by atoms with E-state index in [2.05, 4.69) is 0 Å². The van der Waals surface area contributed by atoms with E-state index in [0.29, 0.717) is 13.2 Å². The summed E-state index contributed by atoms with van der Waals surface area (Å²) in [5, 5.41) is 0.113. The van der Waals surface area contributed by atoms with Crippen molar-refractivity contribution in [3.05, 3.63) is 28.8 Å². The minimum absolute atomic E-state index is 0.0210. The van der Waals surface area contributed by atoms with Gasteiger partial charge in [0.2, 0.25) is 0 Å². The van der Waals surface area contributed by atoms with E-state index in [0.717, 1.165) is 12.5 Å². The van der Waals surface area contributed by atoms with Crippen LogP contribution in [0.2, 0.25) is 5.02 Å². The summed E-state index contributed by atoms with van der Waals surface area (Å²) in [6, 6.07) is 3.64. The van der Waals surface area contributed by atoms with E-state index in [1.54, 1.807) is 0 Å². The van der Waals surface area contributed by atoms with Crippen LogP contribution in [0.4, 0.5) is 0 Å². The van der Waals surface area contributed by atoms with Crippen molar-refractivity contribution in [2.75, 3.05) is 19.8 Å². The Kier molecular flexibility index (Phi) is 4.90. The molecule has 0 N–H and O–H groups in total. The highest BCUT2D eigenvalue weighted by atomic mass is 35.7. The van der Waals surface area contributed by atoms with Crippen LogP contribution in [0.3, 0.4) is 0 Å². The Bertz CT molecular complexity index is 608. The zero-order valence-electron chi connectivity index (χ0n) is 10.3. The molecule has 0 bridgehead atoms. The summed E-state index contributed by atoms with van der Waals surface area (Å²) in [6.07, 6.45) is 0.830. The molecule has 1 fully saturated rings. The highest BCUT2D eigenvalue weighted by Gasteiger charge is 2.21. The third-order valence-electron chi connectivity index (χ3n) is 2.91. The Morgan fingerprint density at radius 2 is 2.20 bits per heavy atom. The Labute approximate surface area is 126 Å². The largest absolute Gasteiger partial charge is 0.462 e. The van der Waals surface area contributed by atoms with Crippen LogP contribution in [0.25, 0.3) is 0 Å². The highest BCUT2D eigenvalue weighted by molar-refractivity contribution is 8.13. The summed E-state index contributed by atoms with van der Waals surface area (Å²) in [4.78, 5) is 11.7. The lowest BCUT2D eigenvalue weighted by molar-refractivity contribution is 0.0428. The lowest BCUT2D eigenvalue weighted by atomic mass is 10.1. The first-order valence-electron chi connectivity index (χ1n) is 5.87. The molecule has 0 saturated carbocycles. The first kappa shape index (κ1) is 15.6. The van der Waals surface area contributed by atoms with E-state index in [1.165, 1.54) is 12.1 Å². The van der Waals surface area contributed by atoms with Crippen LogP contribution in [0, 0.1) is 5.92 Å². The van der Waals surface area contributed by atoms with Gasteiger partial charge in [-0.1, -0.05) is 11.6 Å². The van der Waals surface area contributed by atoms with Crippen molar-refractivity contribution in [2.24, 2.45) is 5.92 Å². The van der Waals surface area contributed by atoms with E-state index < -0.39 is 15.0 Å². The number of ether oxygens (including phenoxy) is 2. The maximum atomic E-state index is 11.9. The second-order valence-corrected chi connectivity index (χ2v) is 7.38. The molecule has 5 nitrogen and oxygen atoms in total. The Hall–Kier alpha value is -0.820. The molecule has 1 aromatic rings. The number of carbonyl (C=O) groups excluding carboxylic acids is 1. The summed E-state index contributed by atoms with van der Waals surface area (Å²) in [5.41, 5.74) is -0.0210. The zero-order chi connectivity index (χ0) is 14.8. The molecule has 0 aromatic heterocycles.